The quantitative estimate of drug-likeness (QED) is 0.251. The molecule has 0 atom stereocenters. The molecular weight excluding hydrogens is 601 g/mol. The van der Waals surface area contributed by atoms with Gasteiger partial charge in [0, 0.05) is 23.5 Å². The molecule has 3 aromatic carbocycles. The molecular formula is C27H20ClF3N4O4S2. The highest BCUT2D eigenvalue weighted by Gasteiger charge is 2.35. The maximum Gasteiger partial charge on any atom is 0.416 e. The number of carbonyl (C=O) groups is 2. The zero-order chi connectivity index (χ0) is 29.4. The molecule has 0 radical (unpaired) electrons. The molecule has 1 aromatic heterocycles. The highest BCUT2D eigenvalue weighted by molar-refractivity contribution is 8.18. The van der Waals surface area contributed by atoms with E-state index in [4.69, 9.17) is 11.6 Å². The van der Waals surface area contributed by atoms with Crippen molar-refractivity contribution >= 4 is 61.5 Å². The lowest BCUT2D eigenvalue weighted by molar-refractivity contribution is -0.138. The number of fused-ring (bicyclic) bond motifs is 1. The van der Waals surface area contributed by atoms with Gasteiger partial charge >= 0.3 is 6.18 Å². The number of alkyl halides is 3. The Bertz CT molecular complexity index is 1790. The molecule has 1 saturated heterocycles. The van der Waals surface area contributed by atoms with Crippen LogP contribution in [-0.2, 0) is 27.5 Å². The number of thioether (sulfide) groups is 1. The summed E-state index contributed by atoms with van der Waals surface area (Å²) in [5, 5.41) is 4.30. The number of aromatic nitrogens is 2. The Hall–Kier alpha value is -3.65. The lowest BCUT2D eigenvalue weighted by Crippen LogP contribution is -2.37. The van der Waals surface area contributed by atoms with E-state index >= 15 is 0 Å². The number of halogens is 4. The first-order chi connectivity index (χ1) is 19.4. The number of hydrogen-bond donors (Lipinski definition) is 1. The van der Waals surface area contributed by atoms with E-state index in [1.165, 1.54) is 41.2 Å². The fourth-order valence-corrected chi connectivity index (χ4v) is 6.33. The van der Waals surface area contributed by atoms with E-state index < -0.39 is 32.9 Å². The first-order valence-corrected chi connectivity index (χ1v) is 14.7. The average molecular weight is 621 g/mol. The van der Waals surface area contributed by atoms with Crippen LogP contribution in [0.25, 0.3) is 17.0 Å². The molecule has 1 N–H and O–H groups in total. The number of sulfonamides is 1. The smallest absolute Gasteiger partial charge is 0.268 e. The zero-order valence-corrected chi connectivity index (χ0v) is 23.3. The van der Waals surface area contributed by atoms with Crippen LogP contribution >= 0.6 is 23.4 Å². The average Bonchev–Trinajstić information content (AvgIpc) is 3.44. The second-order valence-electron chi connectivity index (χ2n) is 8.96. The van der Waals surface area contributed by atoms with Crippen molar-refractivity contribution in [2.24, 2.45) is 0 Å². The predicted octanol–water partition coefficient (Wildman–Crippen LogP) is 5.77. The SMILES string of the molecule is O=C1S/C(=C\c2ccc3c(cnn3Cc3ccc(Cl)cc3C(F)(F)F)c2)C(=O)N1CCNS(=O)(=O)c1ccccc1. The second kappa shape index (κ2) is 11.3. The largest absolute Gasteiger partial charge is 0.416 e. The summed E-state index contributed by atoms with van der Waals surface area (Å²) in [5.41, 5.74) is 0.323. The number of carbonyl (C=O) groups excluding carboxylic acids is 2. The minimum absolute atomic E-state index is 0.00992. The molecule has 1 fully saturated rings. The molecule has 0 bridgehead atoms. The molecule has 0 spiro atoms. The van der Waals surface area contributed by atoms with Crippen LogP contribution in [-0.4, -0.2) is 47.3 Å². The minimum atomic E-state index is -4.58. The summed E-state index contributed by atoms with van der Waals surface area (Å²) >= 11 is 6.51. The summed E-state index contributed by atoms with van der Waals surface area (Å²) in [6, 6.07) is 16.3. The van der Waals surface area contributed by atoms with Crippen LogP contribution in [0.15, 0.2) is 82.7 Å². The van der Waals surface area contributed by atoms with Gasteiger partial charge in [-0.3, -0.25) is 19.2 Å². The van der Waals surface area contributed by atoms with Gasteiger partial charge < -0.3 is 0 Å². The van der Waals surface area contributed by atoms with Gasteiger partial charge in [0.25, 0.3) is 11.1 Å². The van der Waals surface area contributed by atoms with E-state index in [1.54, 1.807) is 36.4 Å². The van der Waals surface area contributed by atoms with Crippen molar-refractivity contribution in [2.45, 2.75) is 17.6 Å². The molecule has 4 aromatic rings. The van der Waals surface area contributed by atoms with Crippen LogP contribution in [0.4, 0.5) is 18.0 Å². The van der Waals surface area contributed by atoms with Crippen molar-refractivity contribution in [1.29, 1.82) is 0 Å². The second-order valence-corrected chi connectivity index (χ2v) is 12.2. The molecule has 0 saturated carbocycles. The first-order valence-electron chi connectivity index (χ1n) is 12.0. The summed E-state index contributed by atoms with van der Waals surface area (Å²) in [4.78, 5) is 26.5. The first kappa shape index (κ1) is 28.9. The summed E-state index contributed by atoms with van der Waals surface area (Å²) < 4.78 is 69.1. The fraction of sp³-hybridized carbons (Fsp3) is 0.148. The number of benzene rings is 3. The molecule has 2 heterocycles. The van der Waals surface area contributed by atoms with Gasteiger partial charge in [-0.1, -0.05) is 41.9 Å². The molecule has 212 valence electrons. The van der Waals surface area contributed by atoms with Crippen molar-refractivity contribution in [3.05, 3.63) is 99.5 Å². The zero-order valence-electron chi connectivity index (χ0n) is 20.9. The van der Waals surface area contributed by atoms with Crippen LogP contribution in [0.5, 0.6) is 0 Å². The molecule has 1 aliphatic rings. The van der Waals surface area contributed by atoms with E-state index in [-0.39, 0.29) is 40.0 Å². The molecule has 5 rings (SSSR count). The Morgan fingerprint density at radius 3 is 2.51 bits per heavy atom. The molecule has 2 amide bonds. The highest BCUT2D eigenvalue weighted by atomic mass is 35.5. The number of nitrogens with one attached hydrogen (secondary N) is 1. The van der Waals surface area contributed by atoms with Crippen LogP contribution in [0.2, 0.25) is 5.02 Å². The summed E-state index contributed by atoms with van der Waals surface area (Å²) in [7, 11) is -3.79. The Balaban J connectivity index is 1.29. The van der Waals surface area contributed by atoms with Crippen LogP contribution in [0, 0.1) is 0 Å². The van der Waals surface area contributed by atoms with Crippen molar-refractivity contribution in [1.82, 2.24) is 19.4 Å². The van der Waals surface area contributed by atoms with Crippen molar-refractivity contribution in [3.63, 3.8) is 0 Å². The lowest BCUT2D eigenvalue weighted by Gasteiger charge is -2.14. The lowest BCUT2D eigenvalue weighted by atomic mass is 10.1. The van der Waals surface area contributed by atoms with Gasteiger partial charge in [0.05, 0.1) is 33.6 Å². The topological polar surface area (TPSA) is 101 Å². The summed E-state index contributed by atoms with van der Waals surface area (Å²) in [6.45, 7) is -0.441. The Kier molecular flexibility index (Phi) is 7.97. The third kappa shape index (κ3) is 6.32. The van der Waals surface area contributed by atoms with Crippen LogP contribution in [0.1, 0.15) is 16.7 Å². The van der Waals surface area contributed by atoms with Gasteiger partial charge in [0.15, 0.2) is 0 Å². The third-order valence-electron chi connectivity index (χ3n) is 6.22. The maximum absolute atomic E-state index is 13.5. The number of imide groups is 1. The Morgan fingerprint density at radius 1 is 1.02 bits per heavy atom. The van der Waals surface area contributed by atoms with Gasteiger partial charge in [0.2, 0.25) is 10.0 Å². The van der Waals surface area contributed by atoms with Crippen LogP contribution in [0.3, 0.4) is 0 Å². The Labute approximate surface area is 241 Å². The number of amides is 2. The van der Waals surface area contributed by atoms with Crippen molar-refractivity contribution in [3.8, 4) is 0 Å². The van der Waals surface area contributed by atoms with Gasteiger partial charge in [-0.05, 0) is 65.4 Å². The van der Waals surface area contributed by atoms with E-state index in [2.05, 4.69) is 9.82 Å². The number of nitrogens with zero attached hydrogens (tertiary/aromatic N) is 3. The monoisotopic (exact) mass is 620 g/mol. The van der Waals surface area contributed by atoms with Gasteiger partial charge in [0.1, 0.15) is 0 Å². The standard InChI is InChI=1S/C27H20ClF3N4O4S2/c28-20-8-7-18(22(14-20)27(29,30)31)16-35-23-9-6-17(12-19(23)15-32-35)13-24-25(36)34(26(37)40-24)11-10-33-41(38,39)21-4-2-1-3-5-21/h1-9,12-15,33H,10-11,16H2/b24-13-. The van der Waals surface area contributed by atoms with Crippen LogP contribution < -0.4 is 4.72 Å². The fourth-order valence-electron chi connectivity index (χ4n) is 4.25. The van der Waals surface area contributed by atoms with E-state index in [9.17, 15) is 31.2 Å². The Morgan fingerprint density at radius 2 is 1.78 bits per heavy atom. The number of rotatable bonds is 8. The van der Waals surface area contributed by atoms with Gasteiger partial charge in [-0.25, -0.2) is 13.1 Å². The molecule has 14 heteroatoms. The van der Waals surface area contributed by atoms with Crippen molar-refractivity contribution in [2.75, 3.05) is 13.1 Å². The van der Waals surface area contributed by atoms with E-state index in [1.807, 2.05) is 0 Å². The molecule has 0 aliphatic carbocycles. The minimum Gasteiger partial charge on any atom is -0.268 e. The highest BCUT2D eigenvalue weighted by Crippen LogP contribution is 2.35. The van der Waals surface area contributed by atoms with Gasteiger partial charge in [-0.15, -0.1) is 0 Å². The number of hydrogen-bond acceptors (Lipinski definition) is 6. The normalized spacial score (nSPS) is 15.4. The van der Waals surface area contributed by atoms with E-state index in [0.29, 0.717) is 16.5 Å². The van der Waals surface area contributed by atoms with Crippen molar-refractivity contribution < 1.29 is 31.2 Å². The predicted molar refractivity (Wildman–Crippen MR) is 150 cm³/mol. The van der Waals surface area contributed by atoms with Gasteiger partial charge in [-0.2, -0.15) is 18.3 Å². The third-order valence-corrected chi connectivity index (χ3v) is 8.84. The molecule has 41 heavy (non-hydrogen) atoms. The summed E-state index contributed by atoms with van der Waals surface area (Å²) in [6.07, 6.45) is -1.55. The molecule has 0 unspecified atom stereocenters. The molecule has 1 aliphatic heterocycles. The maximum atomic E-state index is 13.5. The summed E-state index contributed by atoms with van der Waals surface area (Å²) in [5.74, 6) is -0.558. The van der Waals surface area contributed by atoms with E-state index in [0.717, 1.165) is 22.7 Å². The molecule has 8 nitrogen and oxygen atoms in total.